The molecule has 1 atom stereocenters. The van der Waals surface area contributed by atoms with Gasteiger partial charge in [0.05, 0.1) is 7.11 Å². The van der Waals surface area contributed by atoms with Gasteiger partial charge in [-0.1, -0.05) is 37.3 Å². The van der Waals surface area contributed by atoms with Crippen molar-refractivity contribution in [2.24, 2.45) is 0 Å². The van der Waals surface area contributed by atoms with Gasteiger partial charge in [0.25, 0.3) is 0 Å². The Balaban J connectivity index is 1.83. The Morgan fingerprint density at radius 3 is 2.57 bits per heavy atom. The fourth-order valence-electron chi connectivity index (χ4n) is 3.11. The van der Waals surface area contributed by atoms with Crippen LogP contribution in [-0.2, 0) is 6.42 Å². The lowest BCUT2D eigenvalue weighted by atomic mass is 9.99. The van der Waals surface area contributed by atoms with Gasteiger partial charge in [-0.25, -0.2) is 0 Å². The lowest BCUT2D eigenvalue weighted by Crippen LogP contribution is -2.19. The number of hydrogen-bond donors (Lipinski definition) is 1. The van der Waals surface area contributed by atoms with Gasteiger partial charge in [0.1, 0.15) is 5.75 Å². The number of benzene rings is 2. The van der Waals surface area contributed by atoms with Crippen molar-refractivity contribution >= 4 is 0 Å². The van der Waals surface area contributed by atoms with Crippen molar-refractivity contribution in [3.05, 3.63) is 53.6 Å². The zero-order chi connectivity index (χ0) is 14.7. The van der Waals surface area contributed by atoms with E-state index in [9.17, 15) is 0 Å². The van der Waals surface area contributed by atoms with Crippen LogP contribution in [0.1, 0.15) is 36.9 Å². The van der Waals surface area contributed by atoms with Crippen molar-refractivity contribution in [1.82, 2.24) is 5.32 Å². The first-order chi connectivity index (χ1) is 10.3. The molecule has 1 aliphatic rings. The molecule has 1 aliphatic carbocycles. The summed E-state index contributed by atoms with van der Waals surface area (Å²) in [6.07, 6.45) is 3.60. The quantitative estimate of drug-likeness (QED) is 0.879. The molecule has 0 bridgehead atoms. The predicted molar refractivity (Wildman–Crippen MR) is 87.8 cm³/mol. The standard InChI is InChI=1S/C19H23NO/c1-3-12-20-19-11-7-16-13-15(6-10-18(16)19)14-4-8-17(21-2)9-5-14/h4-6,8-10,13,19-20H,3,7,11-12H2,1-2H3. The smallest absolute Gasteiger partial charge is 0.118 e. The summed E-state index contributed by atoms with van der Waals surface area (Å²) in [6, 6.07) is 15.7. The van der Waals surface area contributed by atoms with Crippen molar-refractivity contribution < 1.29 is 4.74 Å². The Kier molecular flexibility index (Phi) is 4.26. The van der Waals surface area contributed by atoms with Gasteiger partial charge in [0, 0.05) is 6.04 Å². The van der Waals surface area contributed by atoms with Crippen LogP contribution in [0.2, 0.25) is 0 Å². The molecular weight excluding hydrogens is 258 g/mol. The Morgan fingerprint density at radius 2 is 1.86 bits per heavy atom. The van der Waals surface area contributed by atoms with Gasteiger partial charge < -0.3 is 10.1 Å². The van der Waals surface area contributed by atoms with Crippen LogP contribution in [0.5, 0.6) is 5.75 Å². The fraction of sp³-hybridized carbons (Fsp3) is 0.368. The lowest BCUT2D eigenvalue weighted by molar-refractivity contribution is 0.415. The summed E-state index contributed by atoms with van der Waals surface area (Å²) >= 11 is 0. The molecule has 0 fully saturated rings. The Labute approximate surface area is 127 Å². The molecule has 0 amide bonds. The van der Waals surface area contributed by atoms with E-state index in [0.717, 1.165) is 12.3 Å². The number of nitrogens with one attached hydrogen (secondary N) is 1. The van der Waals surface area contributed by atoms with E-state index in [1.807, 2.05) is 12.1 Å². The number of hydrogen-bond acceptors (Lipinski definition) is 2. The highest BCUT2D eigenvalue weighted by Gasteiger charge is 2.21. The van der Waals surface area contributed by atoms with Crippen LogP contribution in [0.25, 0.3) is 11.1 Å². The first-order valence-electron chi connectivity index (χ1n) is 7.82. The summed E-state index contributed by atoms with van der Waals surface area (Å²) < 4.78 is 5.22. The molecule has 2 nitrogen and oxygen atoms in total. The van der Waals surface area contributed by atoms with Crippen molar-refractivity contribution in [2.45, 2.75) is 32.2 Å². The molecule has 2 aromatic carbocycles. The molecule has 2 aromatic rings. The van der Waals surface area contributed by atoms with Gasteiger partial charge in [0.15, 0.2) is 0 Å². The molecule has 0 aliphatic heterocycles. The maximum absolute atomic E-state index is 5.22. The maximum Gasteiger partial charge on any atom is 0.118 e. The van der Waals surface area contributed by atoms with Gasteiger partial charge in [-0.3, -0.25) is 0 Å². The summed E-state index contributed by atoms with van der Waals surface area (Å²) in [4.78, 5) is 0. The summed E-state index contributed by atoms with van der Waals surface area (Å²) in [6.45, 7) is 3.32. The monoisotopic (exact) mass is 281 g/mol. The van der Waals surface area contributed by atoms with Crippen molar-refractivity contribution in [3.63, 3.8) is 0 Å². The minimum Gasteiger partial charge on any atom is -0.497 e. The van der Waals surface area contributed by atoms with Crippen LogP contribution >= 0.6 is 0 Å². The summed E-state index contributed by atoms with van der Waals surface area (Å²) in [5, 5.41) is 3.65. The molecule has 0 heterocycles. The van der Waals surface area contributed by atoms with Crippen molar-refractivity contribution in [3.8, 4) is 16.9 Å². The minimum absolute atomic E-state index is 0.546. The average Bonchev–Trinajstić information content (AvgIpc) is 2.95. The topological polar surface area (TPSA) is 21.3 Å². The van der Waals surface area contributed by atoms with Crippen LogP contribution in [0, 0.1) is 0 Å². The highest BCUT2D eigenvalue weighted by atomic mass is 16.5. The molecule has 0 aromatic heterocycles. The van der Waals surface area contributed by atoms with Crippen LogP contribution in [-0.4, -0.2) is 13.7 Å². The van der Waals surface area contributed by atoms with Gasteiger partial charge in [-0.15, -0.1) is 0 Å². The number of methoxy groups -OCH3 is 1. The van der Waals surface area contributed by atoms with Gasteiger partial charge in [0.2, 0.25) is 0 Å². The van der Waals surface area contributed by atoms with E-state index in [1.165, 1.54) is 41.5 Å². The van der Waals surface area contributed by atoms with Gasteiger partial charge >= 0.3 is 0 Å². The van der Waals surface area contributed by atoms with E-state index in [2.05, 4.69) is 42.6 Å². The summed E-state index contributed by atoms with van der Waals surface area (Å²) in [5.74, 6) is 0.906. The van der Waals surface area contributed by atoms with Gasteiger partial charge in [-0.2, -0.15) is 0 Å². The van der Waals surface area contributed by atoms with E-state index in [4.69, 9.17) is 4.74 Å². The lowest BCUT2D eigenvalue weighted by Gasteiger charge is -2.14. The molecule has 0 radical (unpaired) electrons. The third-order valence-corrected chi connectivity index (χ3v) is 4.28. The maximum atomic E-state index is 5.22. The molecule has 110 valence electrons. The van der Waals surface area contributed by atoms with E-state index >= 15 is 0 Å². The first kappa shape index (κ1) is 14.2. The third kappa shape index (κ3) is 2.96. The molecule has 1 unspecified atom stereocenters. The SMILES string of the molecule is CCCNC1CCc2cc(-c3ccc(OC)cc3)ccc21. The van der Waals surface area contributed by atoms with E-state index in [1.54, 1.807) is 7.11 Å². The van der Waals surface area contributed by atoms with Crippen LogP contribution in [0.4, 0.5) is 0 Å². The third-order valence-electron chi connectivity index (χ3n) is 4.28. The zero-order valence-electron chi connectivity index (χ0n) is 12.9. The minimum atomic E-state index is 0.546. The summed E-state index contributed by atoms with van der Waals surface area (Å²) in [7, 11) is 1.70. The van der Waals surface area contributed by atoms with Crippen molar-refractivity contribution in [2.75, 3.05) is 13.7 Å². The van der Waals surface area contributed by atoms with E-state index in [0.29, 0.717) is 6.04 Å². The molecule has 21 heavy (non-hydrogen) atoms. The first-order valence-corrected chi connectivity index (χ1v) is 7.82. The Hall–Kier alpha value is -1.80. The van der Waals surface area contributed by atoms with Gasteiger partial charge in [-0.05, 0) is 60.2 Å². The number of fused-ring (bicyclic) bond motifs is 1. The molecule has 0 saturated carbocycles. The second-order valence-electron chi connectivity index (χ2n) is 5.69. The van der Waals surface area contributed by atoms with Crippen LogP contribution < -0.4 is 10.1 Å². The number of ether oxygens (including phenoxy) is 1. The molecule has 2 heteroatoms. The second-order valence-corrected chi connectivity index (χ2v) is 5.69. The molecule has 1 N–H and O–H groups in total. The molecular formula is C19H23NO. The molecule has 0 saturated heterocycles. The molecule has 3 rings (SSSR count). The van der Waals surface area contributed by atoms with E-state index < -0.39 is 0 Å². The van der Waals surface area contributed by atoms with Crippen LogP contribution in [0.15, 0.2) is 42.5 Å². The normalized spacial score (nSPS) is 16.8. The second kappa shape index (κ2) is 6.31. The number of aryl methyl sites for hydroxylation is 1. The van der Waals surface area contributed by atoms with Crippen LogP contribution in [0.3, 0.4) is 0 Å². The largest absolute Gasteiger partial charge is 0.497 e. The predicted octanol–water partition coefficient (Wildman–Crippen LogP) is 4.35. The highest BCUT2D eigenvalue weighted by molar-refractivity contribution is 5.66. The Bertz CT molecular complexity index is 603. The average molecular weight is 281 g/mol. The molecule has 0 spiro atoms. The fourth-order valence-corrected chi connectivity index (χ4v) is 3.11. The highest BCUT2D eigenvalue weighted by Crippen LogP contribution is 2.34. The number of rotatable bonds is 5. The Morgan fingerprint density at radius 1 is 1.10 bits per heavy atom. The van der Waals surface area contributed by atoms with Crippen molar-refractivity contribution in [1.29, 1.82) is 0 Å². The van der Waals surface area contributed by atoms with E-state index in [-0.39, 0.29) is 0 Å². The zero-order valence-corrected chi connectivity index (χ0v) is 12.9. The summed E-state index contributed by atoms with van der Waals surface area (Å²) in [5.41, 5.74) is 5.54.